The standard InChI is InChI=1S/C5H5N.HNO2S/c1-2-4-6-5-3-1;1-4(2)3/h1-5H;1H. The number of rotatable bonds is 0. The van der Waals surface area contributed by atoms with E-state index in [9.17, 15) is 0 Å². The Kier molecular flexibility index (Phi) is 5.17. The van der Waals surface area contributed by atoms with Gasteiger partial charge < -0.3 is 0 Å². The van der Waals surface area contributed by atoms with Crippen LogP contribution < -0.4 is 0 Å². The summed E-state index contributed by atoms with van der Waals surface area (Å²) in [6, 6.07) is 5.72. The van der Waals surface area contributed by atoms with Crippen LogP contribution in [0.4, 0.5) is 0 Å². The molecule has 0 saturated heterocycles. The lowest BCUT2D eigenvalue weighted by molar-refractivity contribution is 0.620. The van der Waals surface area contributed by atoms with E-state index in [1.54, 1.807) is 12.4 Å². The average molecular weight is 158 g/mol. The molecule has 0 atom stereocenters. The minimum absolute atomic E-state index is 1.75. The molecule has 1 aromatic rings. The van der Waals surface area contributed by atoms with Crippen LogP contribution in [-0.2, 0) is 10.5 Å². The first kappa shape index (κ1) is 8.77. The normalized spacial score (nSPS) is 7.20. The van der Waals surface area contributed by atoms with Gasteiger partial charge in [-0.05, 0) is 12.1 Å². The first-order chi connectivity index (χ1) is 4.73. The fraction of sp³-hybridized carbons (Fsp3) is 0. The Morgan fingerprint density at radius 1 is 1.10 bits per heavy atom. The molecule has 0 bridgehead atoms. The molecule has 0 radical (unpaired) electrons. The molecule has 0 aliphatic heterocycles. The maximum absolute atomic E-state index is 8.67. The summed E-state index contributed by atoms with van der Waals surface area (Å²) in [7, 11) is -2.61. The van der Waals surface area contributed by atoms with Gasteiger partial charge in [-0.15, -0.1) is 0 Å². The summed E-state index contributed by atoms with van der Waals surface area (Å²) in [4.78, 5) is 3.78. The van der Waals surface area contributed by atoms with Crippen molar-refractivity contribution < 1.29 is 8.42 Å². The second kappa shape index (κ2) is 5.90. The largest absolute Gasteiger partial charge is 0.308 e. The van der Waals surface area contributed by atoms with Gasteiger partial charge in [0, 0.05) is 12.4 Å². The van der Waals surface area contributed by atoms with E-state index in [0.29, 0.717) is 0 Å². The zero-order chi connectivity index (χ0) is 7.82. The molecule has 0 fully saturated rings. The lowest BCUT2D eigenvalue weighted by Gasteiger charge is -1.70. The van der Waals surface area contributed by atoms with Crippen molar-refractivity contribution in [2.45, 2.75) is 0 Å². The summed E-state index contributed by atoms with van der Waals surface area (Å²) >= 11 is 0. The van der Waals surface area contributed by atoms with E-state index in [2.05, 4.69) is 4.98 Å². The van der Waals surface area contributed by atoms with Crippen LogP contribution in [0.3, 0.4) is 0 Å². The van der Waals surface area contributed by atoms with Crippen LogP contribution in [0.25, 0.3) is 0 Å². The Bertz CT molecular complexity index is 220. The number of hydrogen-bond donors (Lipinski definition) is 1. The highest BCUT2D eigenvalue weighted by Crippen LogP contribution is 1.73. The van der Waals surface area contributed by atoms with Crippen LogP contribution in [0.2, 0.25) is 0 Å². The number of hydrogen-bond acceptors (Lipinski definition) is 4. The lowest BCUT2D eigenvalue weighted by atomic mass is 10.5. The second-order valence-electron chi connectivity index (χ2n) is 1.26. The maximum Gasteiger partial charge on any atom is 0.308 e. The van der Waals surface area contributed by atoms with Crippen molar-refractivity contribution in [3.63, 3.8) is 0 Å². The van der Waals surface area contributed by atoms with E-state index in [4.69, 9.17) is 13.2 Å². The Hall–Kier alpha value is -1.23. The van der Waals surface area contributed by atoms with Gasteiger partial charge in [-0.2, -0.15) is 13.2 Å². The maximum atomic E-state index is 8.67. The van der Waals surface area contributed by atoms with Gasteiger partial charge in [0.25, 0.3) is 0 Å². The second-order valence-corrected chi connectivity index (χ2v) is 1.73. The third-order valence-electron chi connectivity index (χ3n) is 0.566. The molecule has 0 amide bonds. The molecule has 5 heteroatoms. The van der Waals surface area contributed by atoms with Crippen molar-refractivity contribution in [1.82, 2.24) is 4.98 Å². The van der Waals surface area contributed by atoms with Crippen molar-refractivity contribution in [3.05, 3.63) is 30.6 Å². The first-order valence-electron chi connectivity index (χ1n) is 2.39. The summed E-state index contributed by atoms with van der Waals surface area (Å²) < 4.78 is 22.8. The van der Waals surface area contributed by atoms with E-state index in [-0.39, 0.29) is 0 Å². The summed E-state index contributed by atoms with van der Waals surface area (Å²) in [5, 5.41) is 0. The van der Waals surface area contributed by atoms with Gasteiger partial charge in [-0.3, -0.25) is 4.98 Å². The highest BCUT2D eigenvalue weighted by Gasteiger charge is 1.58. The first-order valence-corrected chi connectivity index (χ1v) is 3.46. The summed E-state index contributed by atoms with van der Waals surface area (Å²) in [6.45, 7) is 0. The summed E-state index contributed by atoms with van der Waals surface area (Å²) in [5.74, 6) is 0. The fourth-order valence-electron chi connectivity index (χ4n) is 0.313. The molecule has 0 unspecified atom stereocenters. The summed E-state index contributed by atoms with van der Waals surface area (Å²) in [5.41, 5.74) is 0. The molecule has 1 aromatic heterocycles. The monoisotopic (exact) mass is 158 g/mol. The minimum Gasteiger partial charge on any atom is -0.265 e. The molecule has 0 saturated carbocycles. The molecule has 0 aliphatic carbocycles. The van der Waals surface area contributed by atoms with Crippen molar-refractivity contribution in [2.75, 3.05) is 0 Å². The quantitative estimate of drug-likeness (QED) is 0.604. The van der Waals surface area contributed by atoms with Gasteiger partial charge in [0.2, 0.25) is 0 Å². The van der Waals surface area contributed by atoms with Crippen LogP contribution in [0, 0.1) is 4.78 Å². The third-order valence-corrected chi connectivity index (χ3v) is 0.566. The third kappa shape index (κ3) is 9.91. The molecule has 1 heterocycles. The number of nitrogens with zero attached hydrogens (tertiary/aromatic N) is 1. The van der Waals surface area contributed by atoms with E-state index in [1.807, 2.05) is 18.2 Å². The van der Waals surface area contributed by atoms with Gasteiger partial charge in [0.1, 0.15) is 0 Å². The number of aromatic nitrogens is 1. The molecular formula is C5H6N2O2S. The van der Waals surface area contributed by atoms with Gasteiger partial charge in [-0.25, -0.2) is 0 Å². The molecule has 1 rings (SSSR count). The van der Waals surface area contributed by atoms with E-state index in [0.717, 1.165) is 0 Å². The van der Waals surface area contributed by atoms with Crippen LogP contribution in [0.1, 0.15) is 0 Å². The zero-order valence-electron chi connectivity index (χ0n) is 5.06. The molecule has 10 heavy (non-hydrogen) atoms. The van der Waals surface area contributed by atoms with Gasteiger partial charge >= 0.3 is 10.5 Å². The SMILES string of the molecule is N=S(=O)=O.c1ccncc1. The van der Waals surface area contributed by atoms with Crippen molar-refractivity contribution in [1.29, 1.82) is 4.78 Å². The predicted molar refractivity (Wildman–Crippen MR) is 35.9 cm³/mol. The van der Waals surface area contributed by atoms with Crippen LogP contribution in [-0.4, -0.2) is 13.4 Å². The van der Waals surface area contributed by atoms with E-state index < -0.39 is 10.5 Å². The van der Waals surface area contributed by atoms with Crippen molar-refractivity contribution in [3.8, 4) is 0 Å². The lowest BCUT2D eigenvalue weighted by Crippen LogP contribution is -1.58. The van der Waals surface area contributed by atoms with Crippen molar-refractivity contribution in [2.24, 2.45) is 0 Å². The predicted octanol–water partition coefficient (Wildman–Crippen LogP) is 0.709. The van der Waals surface area contributed by atoms with Gasteiger partial charge in [0.05, 0.1) is 0 Å². The molecule has 0 aromatic carbocycles. The number of nitrogens with one attached hydrogen (secondary N) is 1. The fourth-order valence-corrected chi connectivity index (χ4v) is 0.313. The Morgan fingerprint density at radius 3 is 1.60 bits per heavy atom. The molecule has 4 nitrogen and oxygen atoms in total. The van der Waals surface area contributed by atoms with E-state index in [1.165, 1.54) is 0 Å². The van der Waals surface area contributed by atoms with Crippen LogP contribution >= 0.6 is 0 Å². The smallest absolute Gasteiger partial charge is 0.265 e. The molecule has 0 aliphatic rings. The average Bonchev–Trinajstić information content (AvgIpc) is 1.90. The van der Waals surface area contributed by atoms with E-state index >= 15 is 0 Å². The van der Waals surface area contributed by atoms with Crippen molar-refractivity contribution >= 4 is 10.5 Å². The molecule has 1 N–H and O–H groups in total. The molecule has 0 spiro atoms. The topological polar surface area (TPSA) is 70.9 Å². The zero-order valence-corrected chi connectivity index (χ0v) is 5.88. The highest BCUT2D eigenvalue weighted by atomic mass is 32.2. The Balaban J connectivity index is 0.000000180. The summed E-state index contributed by atoms with van der Waals surface area (Å²) in [6.07, 6.45) is 3.50. The molecular weight excluding hydrogens is 152 g/mol. The Morgan fingerprint density at radius 2 is 1.50 bits per heavy atom. The van der Waals surface area contributed by atoms with Crippen LogP contribution in [0.15, 0.2) is 30.6 Å². The highest BCUT2D eigenvalue weighted by molar-refractivity contribution is 7.60. The van der Waals surface area contributed by atoms with Gasteiger partial charge in [0.15, 0.2) is 0 Å². The van der Waals surface area contributed by atoms with Crippen LogP contribution in [0.5, 0.6) is 0 Å². The minimum atomic E-state index is -2.61. The van der Waals surface area contributed by atoms with Gasteiger partial charge in [-0.1, -0.05) is 6.07 Å². The molecule has 54 valence electrons. The Labute approximate surface area is 60.0 Å². The number of pyridine rings is 1.